The molecule has 4 rings (SSSR count). The van der Waals surface area contributed by atoms with Crippen molar-refractivity contribution < 1.29 is 9.59 Å². The largest absolute Gasteiger partial charge is 0.351 e. The normalized spacial score (nSPS) is 14.5. The summed E-state index contributed by atoms with van der Waals surface area (Å²) in [5, 5.41) is 0.821. The molecule has 148 valence electrons. The Morgan fingerprint density at radius 2 is 1.41 bits per heavy atom. The van der Waals surface area contributed by atoms with Crippen molar-refractivity contribution in [2.24, 2.45) is 5.73 Å². The van der Waals surface area contributed by atoms with Crippen molar-refractivity contribution in [3.05, 3.63) is 65.5 Å². The van der Waals surface area contributed by atoms with Crippen LogP contribution in [0.3, 0.4) is 0 Å². The molecule has 2 N–H and O–H groups in total. The summed E-state index contributed by atoms with van der Waals surface area (Å²) >= 11 is 1.42. The lowest BCUT2D eigenvalue weighted by Crippen LogP contribution is -2.39. The minimum Gasteiger partial charge on any atom is -0.351 e. The fourth-order valence-corrected chi connectivity index (χ4v) is 4.51. The molecule has 2 aromatic carbocycles. The number of amides is 3. The maximum absolute atomic E-state index is 13.4. The fourth-order valence-electron chi connectivity index (χ4n) is 3.45. The first kappa shape index (κ1) is 19.1. The highest BCUT2D eigenvalue weighted by Gasteiger charge is 2.27. The molecule has 1 fully saturated rings. The first-order valence-corrected chi connectivity index (χ1v) is 10.4. The van der Waals surface area contributed by atoms with Crippen molar-refractivity contribution in [3.63, 3.8) is 0 Å². The summed E-state index contributed by atoms with van der Waals surface area (Å²) in [7, 11) is 0. The molecule has 0 saturated carbocycles. The third-order valence-corrected chi connectivity index (χ3v) is 6.08. The molecule has 1 saturated heterocycles. The molecule has 0 spiro atoms. The van der Waals surface area contributed by atoms with Gasteiger partial charge in [-0.2, -0.15) is 0 Å². The lowest BCUT2D eigenvalue weighted by molar-refractivity contribution is 0.0768. The Bertz CT molecular complexity index is 1000. The number of rotatable bonds is 3. The fraction of sp³-hybridized carbons (Fsp3) is 0.227. The van der Waals surface area contributed by atoms with E-state index in [1.807, 2.05) is 60.7 Å². The summed E-state index contributed by atoms with van der Waals surface area (Å²) in [6.07, 6.45) is 0.708. The topological polar surface area (TPSA) is 79.5 Å². The van der Waals surface area contributed by atoms with Gasteiger partial charge in [0.15, 0.2) is 0 Å². The van der Waals surface area contributed by atoms with E-state index in [4.69, 9.17) is 10.7 Å². The van der Waals surface area contributed by atoms with Crippen LogP contribution < -0.4 is 5.73 Å². The number of carbonyl (C=O) groups excluding carboxylic acids is 2. The average molecular weight is 407 g/mol. The second-order valence-corrected chi connectivity index (χ2v) is 7.90. The van der Waals surface area contributed by atoms with E-state index in [1.54, 1.807) is 9.80 Å². The first-order valence-electron chi connectivity index (χ1n) is 9.59. The Labute approximate surface area is 173 Å². The molecule has 0 unspecified atom stereocenters. The highest BCUT2D eigenvalue weighted by atomic mass is 32.1. The van der Waals surface area contributed by atoms with Crippen LogP contribution >= 0.6 is 11.3 Å². The summed E-state index contributed by atoms with van der Waals surface area (Å²) in [5.41, 5.74) is 8.03. The quantitative estimate of drug-likeness (QED) is 0.720. The van der Waals surface area contributed by atoms with Crippen molar-refractivity contribution in [1.29, 1.82) is 0 Å². The van der Waals surface area contributed by atoms with E-state index in [0.717, 1.165) is 16.1 Å². The van der Waals surface area contributed by atoms with Crippen LogP contribution in [-0.4, -0.2) is 52.9 Å². The van der Waals surface area contributed by atoms with Gasteiger partial charge in [-0.3, -0.25) is 4.79 Å². The van der Waals surface area contributed by atoms with Crippen molar-refractivity contribution >= 4 is 23.3 Å². The van der Waals surface area contributed by atoms with Crippen LogP contribution in [0.25, 0.3) is 21.8 Å². The van der Waals surface area contributed by atoms with Gasteiger partial charge in [0.25, 0.3) is 5.91 Å². The first-order chi connectivity index (χ1) is 14.1. The highest BCUT2D eigenvalue weighted by molar-refractivity contribution is 7.17. The highest BCUT2D eigenvalue weighted by Crippen LogP contribution is 2.34. The molecule has 0 radical (unpaired) electrons. The molecule has 3 aromatic rings. The number of primary amides is 1. The minimum atomic E-state index is -0.437. The minimum absolute atomic E-state index is 0.0464. The van der Waals surface area contributed by atoms with Crippen molar-refractivity contribution in [1.82, 2.24) is 14.8 Å². The van der Waals surface area contributed by atoms with Gasteiger partial charge in [-0.1, -0.05) is 60.7 Å². The van der Waals surface area contributed by atoms with Crippen LogP contribution in [0, 0.1) is 0 Å². The number of urea groups is 1. The molecule has 0 bridgehead atoms. The second kappa shape index (κ2) is 8.45. The van der Waals surface area contributed by atoms with E-state index in [-0.39, 0.29) is 5.91 Å². The lowest BCUT2D eigenvalue weighted by Gasteiger charge is -2.21. The molecule has 1 aromatic heterocycles. The van der Waals surface area contributed by atoms with Gasteiger partial charge >= 0.3 is 6.03 Å². The predicted molar refractivity (Wildman–Crippen MR) is 115 cm³/mol. The summed E-state index contributed by atoms with van der Waals surface area (Å²) in [4.78, 5) is 33.8. The molecular weight excluding hydrogens is 384 g/mol. The number of benzene rings is 2. The van der Waals surface area contributed by atoms with Crippen LogP contribution in [0.1, 0.15) is 16.1 Å². The third kappa shape index (κ3) is 4.14. The Balaban J connectivity index is 1.69. The molecular formula is C22H22N4O2S. The Hall–Kier alpha value is -3.19. The predicted octanol–water partition coefficient (Wildman–Crippen LogP) is 3.70. The lowest BCUT2D eigenvalue weighted by atomic mass is 10.1. The molecule has 0 aliphatic carbocycles. The van der Waals surface area contributed by atoms with Gasteiger partial charge in [0.2, 0.25) is 0 Å². The molecule has 0 atom stereocenters. The maximum Gasteiger partial charge on any atom is 0.314 e. The van der Waals surface area contributed by atoms with Gasteiger partial charge in [-0.05, 0) is 6.42 Å². The number of hydrogen-bond acceptors (Lipinski definition) is 4. The van der Waals surface area contributed by atoms with Crippen molar-refractivity contribution in [3.8, 4) is 21.8 Å². The Morgan fingerprint density at radius 1 is 0.828 bits per heavy atom. The van der Waals surface area contributed by atoms with E-state index >= 15 is 0 Å². The van der Waals surface area contributed by atoms with Crippen molar-refractivity contribution in [2.45, 2.75) is 6.42 Å². The summed E-state index contributed by atoms with van der Waals surface area (Å²) in [5.74, 6) is -0.0464. The number of hydrogen-bond donors (Lipinski definition) is 1. The van der Waals surface area contributed by atoms with Gasteiger partial charge in [0.05, 0.1) is 5.69 Å². The van der Waals surface area contributed by atoms with Crippen LogP contribution in [0.5, 0.6) is 0 Å². The molecule has 1 aliphatic rings. The SMILES string of the molecule is NC(=O)N1CCCN(C(=O)c2sc(-c3ccccc3)nc2-c2ccccc2)CC1. The molecule has 1 aliphatic heterocycles. The van der Waals surface area contributed by atoms with Crippen LogP contribution in [-0.2, 0) is 0 Å². The monoisotopic (exact) mass is 406 g/mol. The van der Waals surface area contributed by atoms with Gasteiger partial charge in [-0.15, -0.1) is 11.3 Å². The average Bonchev–Trinajstić information content (AvgIpc) is 3.05. The zero-order chi connectivity index (χ0) is 20.2. The van der Waals surface area contributed by atoms with Crippen molar-refractivity contribution in [2.75, 3.05) is 26.2 Å². The third-order valence-electron chi connectivity index (χ3n) is 4.98. The number of thiazole rings is 1. The van der Waals surface area contributed by atoms with Gasteiger partial charge < -0.3 is 15.5 Å². The second-order valence-electron chi connectivity index (χ2n) is 6.90. The zero-order valence-corrected chi connectivity index (χ0v) is 16.8. The van der Waals surface area contributed by atoms with E-state index in [0.29, 0.717) is 43.2 Å². The number of carbonyl (C=O) groups is 2. The smallest absolute Gasteiger partial charge is 0.314 e. The van der Waals surface area contributed by atoms with E-state index in [2.05, 4.69) is 0 Å². The van der Waals surface area contributed by atoms with Crippen LogP contribution in [0.2, 0.25) is 0 Å². The molecule has 29 heavy (non-hydrogen) atoms. The van der Waals surface area contributed by atoms with Gasteiger partial charge in [-0.25, -0.2) is 9.78 Å². The maximum atomic E-state index is 13.4. The van der Waals surface area contributed by atoms with E-state index in [9.17, 15) is 9.59 Å². The standard InChI is InChI=1S/C22H22N4O2S/c23-22(28)26-13-7-12-25(14-15-26)21(27)19-18(16-8-3-1-4-9-16)24-20(29-19)17-10-5-2-6-11-17/h1-6,8-11H,7,12-15H2,(H2,23,28). The molecule has 7 heteroatoms. The Kier molecular flexibility index (Phi) is 5.57. The Morgan fingerprint density at radius 3 is 2.07 bits per heavy atom. The van der Waals surface area contributed by atoms with Gasteiger partial charge in [0, 0.05) is 37.3 Å². The zero-order valence-electron chi connectivity index (χ0n) is 16.0. The summed E-state index contributed by atoms with van der Waals surface area (Å²) in [6, 6.07) is 19.2. The summed E-state index contributed by atoms with van der Waals surface area (Å²) in [6.45, 7) is 2.08. The summed E-state index contributed by atoms with van der Waals surface area (Å²) < 4.78 is 0. The number of nitrogens with two attached hydrogens (primary N) is 1. The molecule has 2 heterocycles. The van der Waals surface area contributed by atoms with Gasteiger partial charge in [0.1, 0.15) is 9.88 Å². The van der Waals surface area contributed by atoms with E-state index in [1.165, 1.54) is 11.3 Å². The van der Waals surface area contributed by atoms with Crippen LogP contribution in [0.4, 0.5) is 4.79 Å². The number of nitrogens with zero attached hydrogens (tertiary/aromatic N) is 3. The van der Waals surface area contributed by atoms with E-state index < -0.39 is 6.03 Å². The molecule has 6 nitrogen and oxygen atoms in total. The molecule has 3 amide bonds. The van der Waals surface area contributed by atoms with Crippen LogP contribution in [0.15, 0.2) is 60.7 Å². The number of aromatic nitrogens is 1.